The van der Waals surface area contributed by atoms with Crippen LogP contribution in [-0.4, -0.2) is 0 Å². The number of benzene rings is 1. The Labute approximate surface area is 70.2 Å². The van der Waals surface area contributed by atoms with E-state index in [0.29, 0.717) is 0 Å². The van der Waals surface area contributed by atoms with E-state index in [1.165, 1.54) is 11.1 Å². The highest BCUT2D eigenvalue weighted by Gasteiger charge is 1.83. The van der Waals surface area contributed by atoms with Crippen molar-refractivity contribution < 1.29 is 4.20 Å². The fourth-order valence-corrected chi connectivity index (χ4v) is 0.663. The second kappa shape index (κ2) is 5.45. The molecule has 0 aliphatic heterocycles. The van der Waals surface area contributed by atoms with Crippen molar-refractivity contribution in [3.8, 4) is 0 Å². The zero-order valence-electron chi connectivity index (χ0n) is 6.10. The fraction of sp³-hybridized carbons (Fsp3) is 0.250. The molecule has 0 bridgehead atoms. The quantitative estimate of drug-likeness (QED) is 0.616. The van der Waals surface area contributed by atoms with Gasteiger partial charge in [0.2, 0.25) is 0 Å². The van der Waals surface area contributed by atoms with Crippen LogP contribution in [0.1, 0.15) is 11.1 Å². The number of halogens is 1. The molecular weight excluding hydrogens is 192 g/mol. The summed E-state index contributed by atoms with van der Waals surface area (Å²) in [5.74, 6) is 0. The molecule has 0 unspecified atom stereocenters. The Balaban J connectivity index is 0.000000371. The Morgan fingerprint density at radius 1 is 1.00 bits per heavy atom. The first-order chi connectivity index (χ1) is 4.80. The summed E-state index contributed by atoms with van der Waals surface area (Å²) in [5, 5.41) is 0. The maximum absolute atomic E-state index is 8.06. The summed E-state index contributed by atoms with van der Waals surface area (Å²) in [4.78, 5) is 0. The normalized spacial score (nSPS) is 8.00. The molecular formula is C8H10BrO. The van der Waals surface area contributed by atoms with Crippen molar-refractivity contribution in [2.75, 3.05) is 0 Å². The van der Waals surface area contributed by atoms with Gasteiger partial charge in [0.05, 0.1) is 0 Å². The van der Waals surface area contributed by atoms with E-state index in [9.17, 15) is 0 Å². The van der Waals surface area contributed by atoms with Gasteiger partial charge in [0.1, 0.15) is 16.3 Å². The zero-order valence-corrected chi connectivity index (χ0v) is 7.68. The van der Waals surface area contributed by atoms with Gasteiger partial charge in [0, 0.05) is 0 Å². The molecule has 2 heteroatoms. The van der Waals surface area contributed by atoms with E-state index < -0.39 is 0 Å². The molecule has 0 spiro atoms. The molecule has 0 aliphatic carbocycles. The van der Waals surface area contributed by atoms with E-state index in [1.807, 2.05) is 0 Å². The Kier molecular flexibility index (Phi) is 5.26. The maximum Gasteiger partial charge on any atom is 0.144 e. The van der Waals surface area contributed by atoms with E-state index >= 15 is 0 Å². The van der Waals surface area contributed by atoms with Crippen LogP contribution in [0.5, 0.6) is 0 Å². The molecule has 55 valence electrons. The molecule has 0 N–H and O–H groups in total. The van der Waals surface area contributed by atoms with E-state index in [1.54, 1.807) is 16.3 Å². The Morgan fingerprint density at radius 2 is 1.30 bits per heavy atom. The summed E-state index contributed by atoms with van der Waals surface area (Å²) in [6.45, 7) is 4.24. The minimum atomic E-state index is 1.37. The second-order valence-corrected chi connectivity index (χ2v) is 2.08. The van der Waals surface area contributed by atoms with Crippen LogP contribution in [0, 0.1) is 13.8 Å². The van der Waals surface area contributed by atoms with Gasteiger partial charge in [-0.05, 0) is 25.0 Å². The standard InChI is InChI=1S/C8H10.BrO/c1-7-5-3-4-6-8(7)2;1-2/h3-6H,1-2H3;. The molecule has 1 nitrogen and oxygen atoms in total. The molecule has 0 heterocycles. The summed E-state index contributed by atoms with van der Waals surface area (Å²) in [6.07, 6.45) is 0. The average molecular weight is 202 g/mol. The molecule has 1 rings (SSSR count). The van der Waals surface area contributed by atoms with E-state index in [2.05, 4.69) is 38.1 Å². The molecule has 0 saturated heterocycles. The van der Waals surface area contributed by atoms with Crippen molar-refractivity contribution >= 4 is 16.3 Å². The van der Waals surface area contributed by atoms with Crippen LogP contribution < -0.4 is 0 Å². The zero-order chi connectivity index (χ0) is 7.98. The number of aryl methyl sites for hydroxylation is 2. The van der Waals surface area contributed by atoms with Crippen LogP contribution in [0.4, 0.5) is 0 Å². The third kappa shape index (κ3) is 2.99. The summed E-state index contributed by atoms with van der Waals surface area (Å²) in [5.41, 5.74) is 2.74. The highest BCUT2D eigenvalue weighted by Crippen LogP contribution is 2.02. The Bertz CT molecular complexity index is 165. The topological polar surface area (TPSA) is 19.9 Å². The van der Waals surface area contributed by atoms with Gasteiger partial charge < -0.3 is 0 Å². The SMILES string of the molecule is Cc1ccccc1C.[O]Br. The molecule has 1 aromatic rings. The predicted molar refractivity (Wildman–Crippen MR) is 45.5 cm³/mol. The van der Waals surface area contributed by atoms with E-state index in [4.69, 9.17) is 4.20 Å². The highest BCUT2D eigenvalue weighted by molar-refractivity contribution is 9.05. The molecule has 0 saturated carbocycles. The smallest absolute Gasteiger partial charge is 0.144 e. The number of hydrogen-bond acceptors (Lipinski definition) is 0. The highest BCUT2D eigenvalue weighted by atomic mass is 79.9. The van der Waals surface area contributed by atoms with Crippen molar-refractivity contribution in [2.45, 2.75) is 13.8 Å². The van der Waals surface area contributed by atoms with Gasteiger partial charge >= 0.3 is 0 Å². The lowest BCUT2D eigenvalue weighted by atomic mass is 10.1. The molecule has 0 fully saturated rings. The van der Waals surface area contributed by atoms with Crippen LogP contribution in [-0.2, 0) is 4.20 Å². The van der Waals surface area contributed by atoms with E-state index in [-0.39, 0.29) is 0 Å². The van der Waals surface area contributed by atoms with Crippen molar-refractivity contribution in [3.63, 3.8) is 0 Å². The lowest BCUT2D eigenvalue weighted by Gasteiger charge is -1.93. The van der Waals surface area contributed by atoms with Crippen molar-refractivity contribution in [2.24, 2.45) is 0 Å². The van der Waals surface area contributed by atoms with Gasteiger partial charge in [-0.15, -0.1) is 4.20 Å². The lowest BCUT2D eigenvalue weighted by Crippen LogP contribution is -1.74. The van der Waals surface area contributed by atoms with Crippen LogP contribution in [0.15, 0.2) is 24.3 Å². The average Bonchev–Trinajstić information content (AvgIpc) is 2.00. The first-order valence-electron chi connectivity index (χ1n) is 2.98. The second-order valence-electron chi connectivity index (χ2n) is 2.08. The van der Waals surface area contributed by atoms with Crippen LogP contribution >= 0.6 is 16.3 Å². The molecule has 1 radical (unpaired) electrons. The minimum absolute atomic E-state index is 1.37. The van der Waals surface area contributed by atoms with Crippen molar-refractivity contribution in [1.82, 2.24) is 0 Å². The summed E-state index contributed by atoms with van der Waals surface area (Å²) >= 11 is 1.69. The summed E-state index contributed by atoms with van der Waals surface area (Å²) in [6, 6.07) is 8.36. The van der Waals surface area contributed by atoms with Gasteiger partial charge in [-0.25, -0.2) is 0 Å². The number of rotatable bonds is 0. The molecule has 10 heavy (non-hydrogen) atoms. The van der Waals surface area contributed by atoms with Crippen LogP contribution in [0.3, 0.4) is 0 Å². The fourth-order valence-electron chi connectivity index (χ4n) is 0.663. The minimum Gasteiger partial charge on any atom is -0.144 e. The van der Waals surface area contributed by atoms with Gasteiger partial charge in [0.15, 0.2) is 0 Å². The summed E-state index contributed by atoms with van der Waals surface area (Å²) < 4.78 is 8.06. The maximum atomic E-state index is 8.06. The van der Waals surface area contributed by atoms with Gasteiger partial charge in [-0.2, -0.15) is 0 Å². The molecule has 1 aromatic carbocycles. The third-order valence-corrected chi connectivity index (χ3v) is 1.43. The first-order valence-corrected chi connectivity index (χ1v) is 3.63. The largest absolute Gasteiger partial charge is 0.144 e. The lowest BCUT2D eigenvalue weighted by molar-refractivity contribution is 0.567. The molecule has 0 amide bonds. The third-order valence-electron chi connectivity index (χ3n) is 1.43. The molecule has 0 aromatic heterocycles. The Hall–Kier alpha value is -0.340. The van der Waals surface area contributed by atoms with Crippen LogP contribution in [0.2, 0.25) is 0 Å². The predicted octanol–water partition coefficient (Wildman–Crippen LogP) is 3.03. The van der Waals surface area contributed by atoms with Crippen LogP contribution in [0.25, 0.3) is 0 Å². The summed E-state index contributed by atoms with van der Waals surface area (Å²) in [7, 11) is 0. The van der Waals surface area contributed by atoms with Gasteiger partial charge in [0.25, 0.3) is 0 Å². The van der Waals surface area contributed by atoms with Crippen molar-refractivity contribution in [3.05, 3.63) is 35.4 Å². The number of hydrogen-bond donors (Lipinski definition) is 0. The van der Waals surface area contributed by atoms with Gasteiger partial charge in [-0.3, -0.25) is 0 Å². The van der Waals surface area contributed by atoms with E-state index in [0.717, 1.165) is 0 Å². The Morgan fingerprint density at radius 3 is 1.50 bits per heavy atom. The molecule has 0 aliphatic rings. The first kappa shape index (κ1) is 9.66. The monoisotopic (exact) mass is 201 g/mol. The van der Waals surface area contributed by atoms with Crippen molar-refractivity contribution in [1.29, 1.82) is 0 Å². The van der Waals surface area contributed by atoms with Gasteiger partial charge in [-0.1, -0.05) is 24.3 Å². The molecule has 0 atom stereocenters.